The Bertz CT molecular complexity index is 393. The molecule has 0 amide bonds. The van der Waals surface area contributed by atoms with Crippen molar-refractivity contribution in [3.05, 3.63) is 24.0 Å². The van der Waals surface area contributed by atoms with Crippen molar-refractivity contribution in [3.63, 3.8) is 0 Å². The van der Waals surface area contributed by atoms with E-state index in [1.54, 1.807) is 13.3 Å². The molecule has 1 heterocycles. The molecule has 0 saturated heterocycles. The molecular weight excluding hydrogens is 224 g/mol. The van der Waals surface area contributed by atoms with Gasteiger partial charge in [-0.1, -0.05) is 13.8 Å². The Kier molecular flexibility index (Phi) is 3.91. The van der Waals surface area contributed by atoms with E-state index in [1.165, 1.54) is 25.7 Å². The van der Waals surface area contributed by atoms with Gasteiger partial charge in [-0.2, -0.15) is 0 Å². The molecule has 1 saturated carbocycles. The second-order valence-corrected chi connectivity index (χ2v) is 6.12. The van der Waals surface area contributed by atoms with Gasteiger partial charge in [0.05, 0.1) is 18.8 Å². The summed E-state index contributed by atoms with van der Waals surface area (Å²) in [5, 5.41) is 0. The second-order valence-electron chi connectivity index (χ2n) is 6.12. The van der Waals surface area contributed by atoms with Crippen molar-refractivity contribution in [2.45, 2.75) is 45.6 Å². The monoisotopic (exact) mass is 248 g/mol. The fourth-order valence-corrected chi connectivity index (χ4v) is 2.83. The SMILES string of the molecule is COc1cccnc1C(N)C1CCC(C)(C)CC1. The number of pyridine rings is 1. The number of nitrogens with two attached hydrogens (primary N) is 1. The van der Waals surface area contributed by atoms with Crippen LogP contribution in [-0.4, -0.2) is 12.1 Å². The Morgan fingerprint density at radius 2 is 2.06 bits per heavy atom. The summed E-state index contributed by atoms with van der Waals surface area (Å²) in [6, 6.07) is 3.82. The standard InChI is InChI=1S/C15H24N2O/c1-15(2)8-6-11(7-9-15)13(16)14-12(18-3)5-4-10-17-14/h4-5,10-11,13H,6-9,16H2,1-3H3. The molecule has 18 heavy (non-hydrogen) atoms. The predicted molar refractivity (Wildman–Crippen MR) is 73.5 cm³/mol. The van der Waals surface area contributed by atoms with Gasteiger partial charge in [-0.25, -0.2) is 0 Å². The Morgan fingerprint density at radius 1 is 1.39 bits per heavy atom. The van der Waals surface area contributed by atoms with Crippen molar-refractivity contribution in [2.24, 2.45) is 17.1 Å². The first-order valence-corrected chi connectivity index (χ1v) is 6.78. The van der Waals surface area contributed by atoms with E-state index < -0.39 is 0 Å². The summed E-state index contributed by atoms with van der Waals surface area (Å²) >= 11 is 0. The molecule has 1 atom stereocenters. The molecule has 0 bridgehead atoms. The van der Waals surface area contributed by atoms with Crippen LogP contribution in [0.4, 0.5) is 0 Å². The molecule has 0 radical (unpaired) electrons. The Morgan fingerprint density at radius 3 is 2.67 bits per heavy atom. The molecule has 1 unspecified atom stereocenters. The molecular formula is C15H24N2O. The maximum absolute atomic E-state index is 6.39. The minimum absolute atomic E-state index is 0.00255. The summed E-state index contributed by atoms with van der Waals surface area (Å²) in [7, 11) is 1.68. The van der Waals surface area contributed by atoms with Crippen molar-refractivity contribution in [1.82, 2.24) is 4.98 Å². The number of hydrogen-bond acceptors (Lipinski definition) is 3. The van der Waals surface area contributed by atoms with E-state index in [0.29, 0.717) is 11.3 Å². The van der Waals surface area contributed by atoms with Crippen molar-refractivity contribution < 1.29 is 4.74 Å². The lowest BCUT2D eigenvalue weighted by molar-refractivity contribution is 0.171. The summed E-state index contributed by atoms with van der Waals surface area (Å²) in [4.78, 5) is 4.41. The zero-order valence-electron chi connectivity index (χ0n) is 11.6. The van der Waals surface area contributed by atoms with Gasteiger partial charge in [0.2, 0.25) is 0 Å². The lowest BCUT2D eigenvalue weighted by Crippen LogP contribution is -2.29. The van der Waals surface area contributed by atoms with Crippen LogP contribution in [0, 0.1) is 11.3 Å². The molecule has 100 valence electrons. The van der Waals surface area contributed by atoms with Gasteiger partial charge in [-0.15, -0.1) is 0 Å². The summed E-state index contributed by atoms with van der Waals surface area (Å²) in [5.41, 5.74) is 7.78. The zero-order chi connectivity index (χ0) is 13.2. The van der Waals surface area contributed by atoms with Crippen molar-refractivity contribution in [2.75, 3.05) is 7.11 Å². The number of methoxy groups -OCH3 is 1. The minimum atomic E-state index is -0.00255. The van der Waals surface area contributed by atoms with Crippen LogP contribution in [0.15, 0.2) is 18.3 Å². The van der Waals surface area contributed by atoms with Crippen molar-refractivity contribution >= 4 is 0 Å². The molecule has 3 heteroatoms. The lowest BCUT2D eigenvalue weighted by atomic mass is 9.71. The van der Waals surface area contributed by atoms with Crippen LogP contribution in [-0.2, 0) is 0 Å². The Labute approximate surface area is 110 Å². The average Bonchev–Trinajstić information content (AvgIpc) is 2.38. The van der Waals surface area contributed by atoms with Crippen LogP contribution in [0.3, 0.4) is 0 Å². The van der Waals surface area contributed by atoms with E-state index in [1.807, 2.05) is 12.1 Å². The smallest absolute Gasteiger partial charge is 0.141 e. The molecule has 2 rings (SSSR count). The van der Waals surface area contributed by atoms with Crippen LogP contribution in [0.1, 0.15) is 51.3 Å². The number of hydrogen-bond donors (Lipinski definition) is 1. The third kappa shape index (κ3) is 2.83. The van der Waals surface area contributed by atoms with Crippen LogP contribution in [0.25, 0.3) is 0 Å². The van der Waals surface area contributed by atoms with Gasteiger partial charge in [0.25, 0.3) is 0 Å². The Hall–Kier alpha value is -1.09. The van der Waals surface area contributed by atoms with E-state index in [0.717, 1.165) is 11.4 Å². The second kappa shape index (κ2) is 5.27. The molecule has 3 nitrogen and oxygen atoms in total. The number of rotatable bonds is 3. The van der Waals surface area contributed by atoms with Crippen LogP contribution >= 0.6 is 0 Å². The third-order valence-corrected chi connectivity index (χ3v) is 4.23. The van der Waals surface area contributed by atoms with Gasteiger partial charge in [0.15, 0.2) is 0 Å². The highest BCUT2D eigenvalue weighted by Gasteiger charge is 2.31. The quantitative estimate of drug-likeness (QED) is 0.892. The van der Waals surface area contributed by atoms with Crippen LogP contribution in [0.2, 0.25) is 0 Å². The van der Waals surface area contributed by atoms with E-state index in [2.05, 4.69) is 18.8 Å². The first-order chi connectivity index (χ1) is 8.53. The summed E-state index contributed by atoms with van der Waals surface area (Å²) in [6.07, 6.45) is 6.67. The number of aromatic nitrogens is 1. The third-order valence-electron chi connectivity index (χ3n) is 4.23. The number of nitrogens with zero attached hydrogens (tertiary/aromatic N) is 1. The maximum atomic E-state index is 6.39. The summed E-state index contributed by atoms with van der Waals surface area (Å²) < 4.78 is 5.36. The van der Waals surface area contributed by atoms with Gasteiger partial charge < -0.3 is 10.5 Å². The first kappa shape index (κ1) is 13.3. The van der Waals surface area contributed by atoms with E-state index in [4.69, 9.17) is 10.5 Å². The van der Waals surface area contributed by atoms with Gasteiger partial charge in [0.1, 0.15) is 5.75 Å². The van der Waals surface area contributed by atoms with E-state index >= 15 is 0 Å². The van der Waals surface area contributed by atoms with Crippen LogP contribution in [0.5, 0.6) is 5.75 Å². The molecule has 0 aliphatic heterocycles. The fourth-order valence-electron chi connectivity index (χ4n) is 2.83. The maximum Gasteiger partial charge on any atom is 0.141 e. The topological polar surface area (TPSA) is 48.1 Å². The molecule has 0 aromatic carbocycles. The molecule has 1 aliphatic rings. The first-order valence-electron chi connectivity index (χ1n) is 6.78. The van der Waals surface area contributed by atoms with Gasteiger partial charge in [-0.05, 0) is 49.1 Å². The minimum Gasteiger partial charge on any atom is -0.495 e. The van der Waals surface area contributed by atoms with E-state index in [9.17, 15) is 0 Å². The molecule has 1 aromatic rings. The molecule has 1 aromatic heterocycles. The zero-order valence-corrected chi connectivity index (χ0v) is 11.6. The number of ether oxygens (including phenoxy) is 1. The van der Waals surface area contributed by atoms with Crippen LogP contribution < -0.4 is 10.5 Å². The Balaban J connectivity index is 2.10. The summed E-state index contributed by atoms with van der Waals surface area (Å²) in [5.74, 6) is 1.34. The van der Waals surface area contributed by atoms with Gasteiger partial charge in [-0.3, -0.25) is 4.98 Å². The van der Waals surface area contributed by atoms with Gasteiger partial charge >= 0.3 is 0 Å². The largest absolute Gasteiger partial charge is 0.495 e. The highest BCUT2D eigenvalue weighted by molar-refractivity contribution is 5.29. The predicted octanol–water partition coefficient (Wildman–Crippen LogP) is 3.31. The average molecular weight is 248 g/mol. The highest BCUT2D eigenvalue weighted by Crippen LogP contribution is 2.42. The molecule has 0 spiro atoms. The summed E-state index contributed by atoms with van der Waals surface area (Å²) in [6.45, 7) is 4.69. The molecule has 1 fully saturated rings. The molecule has 1 aliphatic carbocycles. The normalized spacial score (nSPS) is 21.6. The lowest BCUT2D eigenvalue weighted by Gasteiger charge is -2.36. The van der Waals surface area contributed by atoms with Gasteiger partial charge in [0, 0.05) is 6.20 Å². The molecule has 2 N–H and O–H groups in total. The van der Waals surface area contributed by atoms with E-state index in [-0.39, 0.29) is 6.04 Å². The van der Waals surface area contributed by atoms with Crippen molar-refractivity contribution in [3.8, 4) is 5.75 Å². The fraction of sp³-hybridized carbons (Fsp3) is 0.667. The highest BCUT2D eigenvalue weighted by atomic mass is 16.5. The van der Waals surface area contributed by atoms with Crippen molar-refractivity contribution in [1.29, 1.82) is 0 Å².